The summed E-state index contributed by atoms with van der Waals surface area (Å²) in [6.07, 6.45) is 2.41. The van der Waals surface area contributed by atoms with Gasteiger partial charge < -0.3 is 9.64 Å². The third-order valence-corrected chi connectivity index (χ3v) is 6.46. The van der Waals surface area contributed by atoms with E-state index >= 15 is 0 Å². The van der Waals surface area contributed by atoms with Gasteiger partial charge >= 0.3 is 0 Å². The lowest BCUT2D eigenvalue weighted by Crippen LogP contribution is -2.52. The van der Waals surface area contributed by atoms with Crippen LogP contribution in [0.4, 0.5) is 0 Å². The minimum Gasteiger partial charge on any atom is -0.497 e. The van der Waals surface area contributed by atoms with Crippen molar-refractivity contribution in [3.05, 3.63) is 41.6 Å². The third kappa shape index (κ3) is 3.13. The highest BCUT2D eigenvalue weighted by atomic mass is 16.5. The lowest BCUT2D eigenvalue weighted by atomic mass is 10.0. The fraction of sp³-hybridized carbons (Fsp3) is 0.435. The van der Waals surface area contributed by atoms with Gasteiger partial charge in [-0.2, -0.15) is 5.10 Å². The highest BCUT2D eigenvalue weighted by Gasteiger charge is 2.33. The fourth-order valence-corrected chi connectivity index (χ4v) is 4.87. The van der Waals surface area contributed by atoms with Gasteiger partial charge in [0.15, 0.2) is 5.65 Å². The van der Waals surface area contributed by atoms with E-state index in [4.69, 9.17) is 9.72 Å². The average Bonchev–Trinajstić information content (AvgIpc) is 3.36. The zero-order valence-corrected chi connectivity index (χ0v) is 17.8. The molecular formula is C23H27N5O2. The number of fused-ring (bicyclic) bond motifs is 2. The van der Waals surface area contributed by atoms with Crippen molar-refractivity contribution in [1.82, 2.24) is 24.6 Å². The Kier molecular flexibility index (Phi) is 4.70. The first-order valence-corrected chi connectivity index (χ1v) is 10.6. The zero-order chi connectivity index (χ0) is 20.8. The number of nitrogens with zero attached hydrogens (tertiary/aromatic N) is 5. The van der Waals surface area contributed by atoms with Crippen molar-refractivity contribution in [3.63, 3.8) is 0 Å². The van der Waals surface area contributed by atoms with Crippen LogP contribution in [-0.4, -0.2) is 69.8 Å². The molecule has 1 atom stereocenters. The monoisotopic (exact) mass is 405 g/mol. The number of piperazine rings is 1. The number of aromatic nitrogens is 3. The van der Waals surface area contributed by atoms with Gasteiger partial charge in [0.25, 0.3) is 5.91 Å². The first kappa shape index (κ1) is 19.1. The fourth-order valence-electron chi connectivity index (χ4n) is 4.87. The van der Waals surface area contributed by atoms with E-state index in [1.165, 1.54) is 12.8 Å². The second kappa shape index (κ2) is 7.40. The van der Waals surface area contributed by atoms with Crippen molar-refractivity contribution < 1.29 is 9.53 Å². The molecule has 1 aromatic carbocycles. The zero-order valence-electron chi connectivity index (χ0n) is 17.8. The molecule has 2 fully saturated rings. The normalized spacial score (nSPS) is 19.3. The minimum absolute atomic E-state index is 0.0832. The molecule has 0 unspecified atom stereocenters. The van der Waals surface area contributed by atoms with E-state index < -0.39 is 0 Å². The number of ether oxygens (including phenoxy) is 1. The second-order valence-corrected chi connectivity index (χ2v) is 8.27. The number of methoxy groups -OCH3 is 1. The molecule has 0 bridgehead atoms. The Morgan fingerprint density at radius 3 is 2.73 bits per heavy atom. The molecule has 30 heavy (non-hydrogen) atoms. The first-order valence-electron chi connectivity index (χ1n) is 10.6. The van der Waals surface area contributed by atoms with Crippen molar-refractivity contribution in [2.45, 2.75) is 25.8 Å². The molecule has 7 heteroatoms. The van der Waals surface area contributed by atoms with E-state index in [9.17, 15) is 4.79 Å². The molecule has 4 heterocycles. The number of benzene rings is 1. The number of amides is 1. The van der Waals surface area contributed by atoms with Crippen LogP contribution in [0.15, 0.2) is 30.3 Å². The molecule has 156 valence electrons. The van der Waals surface area contributed by atoms with Crippen molar-refractivity contribution in [2.75, 3.05) is 33.3 Å². The highest BCUT2D eigenvalue weighted by Crippen LogP contribution is 2.30. The number of hydrogen-bond donors (Lipinski definition) is 0. The molecule has 2 aliphatic heterocycles. The summed E-state index contributed by atoms with van der Waals surface area (Å²) >= 11 is 0. The van der Waals surface area contributed by atoms with Gasteiger partial charge in [-0.05, 0) is 56.6 Å². The largest absolute Gasteiger partial charge is 0.497 e. The van der Waals surface area contributed by atoms with E-state index in [1.807, 2.05) is 49.2 Å². The lowest BCUT2D eigenvalue weighted by Gasteiger charge is -2.37. The van der Waals surface area contributed by atoms with Gasteiger partial charge in [-0.3, -0.25) is 14.4 Å². The molecule has 0 N–H and O–H groups in total. The number of carbonyl (C=O) groups is 1. The highest BCUT2D eigenvalue weighted by molar-refractivity contribution is 6.07. The topological polar surface area (TPSA) is 63.5 Å². The molecule has 2 aromatic heterocycles. The predicted octanol–water partition coefficient (Wildman–Crippen LogP) is 2.87. The Bertz CT molecular complexity index is 1100. The molecule has 1 amide bonds. The number of pyridine rings is 1. The van der Waals surface area contributed by atoms with E-state index in [0.29, 0.717) is 11.6 Å². The van der Waals surface area contributed by atoms with E-state index in [0.717, 1.165) is 59.9 Å². The Labute approximate surface area is 176 Å². The van der Waals surface area contributed by atoms with Crippen LogP contribution in [0.3, 0.4) is 0 Å². The van der Waals surface area contributed by atoms with Gasteiger partial charge in [0.1, 0.15) is 5.75 Å². The summed E-state index contributed by atoms with van der Waals surface area (Å²) in [5.74, 6) is 0.877. The summed E-state index contributed by atoms with van der Waals surface area (Å²) in [4.78, 5) is 23.1. The van der Waals surface area contributed by atoms with Crippen molar-refractivity contribution in [3.8, 4) is 17.0 Å². The molecule has 2 saturated heterocycles. The smallest absolute Gasteiger partial charge is 0.254 e. The van der Waals surface area contributed by atoms with Gasteiger partial charge in [-0.1, -0.05) is 0 Å². The molecular weight excluding hydrogens is 378 g/mol. The second-order valence-electron chi connectivity index (χ2n) is 8.27. The summed E-state index contributed by atoms with van der Waals surface area (Å²) in [6, 6.07) is 10.2. The number of carbonyl (C=O) groups excluding carboxylic acids is 1. The van der Waals surface area contributed by atoms with E-state index in [1.54, 1.807) is 11.8 Å². The Hall–Kier alpha value is -2.93. The van der Waals surface area contributed by atoms with Crippen LogP contribution in [0.1, 0.15) is 28.9 Å². The first-order chi connectivity index (χ1) is 14.5. The average molecular weight is 406 g/mol. The van der Waals surface area contributed by atoms with Gasteiger partial charge in [0.05, 0.1) is 29.4 Å². The number of rotatable bonds is 3. The SMILES string of the molecule is COc1ccc(-c2cc(C(=O)N3CCN4CCC[C@H]4C3)c3c(C)nn(C)c3n2)cc1. The van der Waals surface area contributed by atoms with Crippen LogP contribution >= 0.6 is 0 Å². The Balaban J connectivity index is 1.58. The maximum atomic E-state index is 13.7. The molecule has 0 aliphatic carbocycles. The molecule has 3 aromatic rings. The van der Waals surface area contributed by atoms with E-state index in [-0.39, 0.29) is 5.91 Å². The minimum atomic E-state index is 0.0832. The Morgan fingerprint density at radius 2 is 1.97 bits per heavy atom. The Morgan fingerprint density at radius 1 is 1.17 bits per heavy atom. The van der Waals surface area contributed by atoms with Crippen molar-refractivity contribution >= 4 is 16.9 Å². The molecule has 0 saturated carbocycles. The van der Waals surface area contributed by atoms with Gasteiger partial charge in [0, 0.05) is 38.3 Å². The van der Waals surface area contributed by atoms with Gasteiger partial charge in [-0.25, -0.2) is 4.98 Å². The quantitative estimate of drug-likeness (QED) is 0.671. The molecule has 0 spiro atoms. The predicted molar refractivity (Wildman–Crippen MR) is 116 cm³/mol. The van der Waals surface area contributed by atoms with Crippen LogP contribution in [0, 0.1) is 6.92 Å². The summed E-state index contributed by atoms with van der Waals surface area (Å²) in [6.45, 7) is 5.65. The van der Waals surface area contributed by atoms with Gasteiger partial charge in [0.2, 0.25) is 0 Å². The van der Waals surface area contributed by atoms with Crippen molar-refractivity contribution in [1.29, 1.82) is 0 Å². The summed E-state index contributed by atoms with van der Waals surface area (Å²) in [5, 5.41) is 5.40. The van der Waals surface area contributed by atoms with Crippen LogP contribution in [0.5, 0.6) is 5.75 Å². The maximum absolute atomic E-state index is 13.7. The van der Waals surface area contributed by atoms with Crippen LogP contribution in [0.25, 0.3) is 22.3 Å². The molecule has 7 nitrogen and oxygen atoms in total. The maximum Gasteiger partial charge on any atom is 0.254 e. The van der Waals surface area contributed by atoms with Crippen LogP contribution in [0.2, 0.25) is 0 Å². The summed E-state index contributed by atoms with van der Waals surface area (Å²) < 4.78 is 7.04. The molecule has 2 aliphatic rings. The summed E-state index contributed by atoms with van der Waals surface area (Å²) in [7, 11) is 3.53. The lowest BCUT2D eigenvalue weighted by molar-refractivity contribution is 0.0573. The van der Waals surface area contributed by atoms with Crippen LogP contribution < -0.4 is 4.74 Å². The standard InChI is InChI=1S/C23H27N5O2/c1-15-21-19(23(29)28-12-11-27-10-4-5-17(27)14-28)13-20(24-22(21)26(2)25-15)16-6-8-18(30-3)9-7-16/h6-9,13,17H,4-5,10-12,14H2,1-3H3/t17-/m0/s1. The molecule has 0 radical (unpaired) electrons. The number of hydrogen-bond acceptors (Lipinski definition) is 5. The van der Waals surface area contributed by atoms with E-state index in [2.05, 4.69) is 10.00 Å². The number of aryl methyl sites for hydroxylation is 2. The third-order valence-electron chi connectivity index (χ3n) is 6.46. The van der Waals surface area contributed by atoms with Crippen LogP contribution in [-0.2, 0) is 7.05 Å². The summed E-state index contributed by atoms with van der Waals surface area (Å²) in [5.41, 5.74) is 4.00. The molecule has 5 rings (SSSR count). The van der Waals surface area contributed by atoms with Crippen molar-refractivity contribution in [2.24, 2.45) is 7.05 Å². The van der Waals surface area contributed by atoms with Gasteiger partial charge in [-0.15, -0.1) is 0 Å².